The van der Waals surface area contributed by atoms with E-state index in [2.05, 4.69) is 5.32 Å². The minimum absolute atomic E-state index is 0.153. The van der Waals surface area contributed by atoms with Crippen LogP contribution >= 0.6 is 0 Å². The van der Waals surface area contributed by atoms with E-state index in [0.717, 1.165) is 19.4 Å². The number of nitrogens with zero attached hydrogens (tertiary/aromatic N) is 1. The van der Waals surface area contributed by atoms with Gasteiger partial charge < -0.3 is 10.4 Å². The summed E-state index contributed by atoms with van der Waals surface area (Å²) in [5, 5.41) is 11.8. The lowest BCUT2D eigenvalue weighted by Gasteiger charge is -2.32. The fraction of sp³-hybridized carbons (Fsp3) is 1.00. The second kappa shape index (κ2) is 6.42. The number of rotatable bonds is 5. The number of aliphatic hydroxyl groups is 1. The minimum atomic E-state index is -4.09. The van der Waals surface area contributed by atoms with Crippen LogP contribution in [0.2, 0.25) is 0 Å². The fourth-order valence-electron chi connectivity index (χ4n) is 1.93. The van der Waals surface area contributed by atoms with Crippen molar-refractivity contribution in [1.82, 2.24) is 10.2 Å². The van der Waals surface area contributed by atoms with Gasteiger partial charge in [-0.2, -0.15) is 13.2 Å². The van der Waals surface area contributed by atoms with E-state index in [0.29, 0.717) is 25.6 Å². The number of halogens is 3. The van der Waals surface area contributed by atoms with Crippen LogP contribution in [0, 0.1) is 0 Å². The summed E-state index contributed by atoms with van der Waals surface area (Å²) in [6.07, 6.45) is -1.89. The van der Waals surface area contributed by atoms with Crippen LogP contribution in [-0.4, -0.2) is 55.0 Å². The summed E-state index contributed by atoms with van der Waals surface area (Å²) >= 11 is 0. The van der Waals surface area contributed by atoms with Crippen molar-refractivity contribution in [3.05, 3.63) is 0 Å². The van der Waals surface area contributed by atoms with Gasteiger partial charge in [0.05, 0.1) is 6.54 Å². The van der Waals surface area contributed by atoms with Crippen molar-refractivity contribution in [1.29, 1.82) is 0 Å². The maximum Gasteiger partial charge on any atom is 0.401 e. The van der Waals surface area contributed by atoms with Gasteiger partial charge in [-0.1, -0.05) is 0 Å². The third kappa shape index (κ3) is 5.67. The summed E-state index contributed by atoms with van der Waals surface area (Å²) in [5.74, 6) is 0. The zero-order chi connectivity index (χ0) is 12.0. The SMILES string of the molecule is OCCCNC1CCN(CC(F)(F)F)CC1. The lowest BCUT2D eigenvalue weighted by molar-refractivity contribution is -0.148. The van der Waals surface area contributed by atoms with Gasteiger partial charge in [-0.15, -0.1) is 0 Å². The van der Waals surface area contributed by atoms with Crippen molar-refractivity contribution in [3.63, 3.8) is 0 Å². The zero-order valence-corrected chi connectivity index (χ0v) is 9.26. The smallest absolute Gasteiger partial charge is 0.396 e. The maximum absolute atomic E-state index is 12.1. The van der Waals surface area contributed by atoms with Crippen LogP contribution in [-0.2, 0) is 0 Å². The van der Waals surface area contributed by atoms with E-state index in [-0.39, 0.29) is 6.61 Å². The van der Waals surface area contributed by atoms with Gasteiger partial charge in [0.15, 0.2) is 0 Å². The van der Waals surface area contributed by atoms with Crippen molar-refractivity contribution >= 4 is 0 Å². The van der Waals surface area contributed by atoms with E-state index in [1.54, 1.807) is 0 Å². The third-order valence-corrected chi connectivity index (χ3v) is 2.76. The highest BCUT2D eigenvalue weighted by Crippen LogP contribution is 2.19. The first-order chi connectivity index (χ1) is 7.51. The number of hydrogen-bond acceptors (Lipinski definition) is 3. The molecule has 0 atom stereocenters. The normalized spacial score (nSPS) is 20.2. The quantitative estimate of drug-likeness (QED) is 0.703. The number of nitrogens with one attached hydrogen (secondary N) is 1. The van der Waals surface area contributed by atoms with Crippen LogP contribution in [0.1, 0.15) is 19.3 Å². The van der Waals surface area contributed by atoms with Crippen LogP contribution in [0.5, 0.6) is 0 Å². The van der Waals surface area contributed by atoms with E-state index in [1.807, 2.05) is 0 Å². The lowest BCUT2D eigenvalue weighted by atomic mass is 10.1. The molecule has 0 saturated carbocycles. The molecule has 0 amide bonds. The Morgan fingerprint density at radius 3 is 2.38 bits per heavy atom. The second-order valence-corrected chi connectivity index (χ2v) is 4.20. The van der Waals surface area contributed by atoms with Gasteiger partial charge in [0.25, 0.3) is 0 Å². The molecule has 0 radical (unpaired) electrons. The van der Waals surface area contributed by atoms with Gasteiger partial charge in [0.1, 0.15) is 0 Å². The van der Waals surface area contributed by atoms with Crippen molar-refractivity contribution in [2.45, 2.75) is 31.5 Å². The molecule has 0 aromatic carbocycles. The first kappa shape index (κ1) is 13.7. The highest BCUT2D eigenvalue weighted by Gasteiger charge is 2.32. The van der Waals surface area contributed by atoms with E-state index >= 15 is 0 Å². The monoisotopic (exact) mass is 240 g/mol. The molecule has 0 bridgehead atoms. The Balaban J connectivity index is 2.13. The topological polar surface area (TPSA) is 35.5 Å². The average Bonchev–Trinajstić information content (AvgIpc) is 2.19. The van der Waals surface area contributed by atoms with Crippen LogP contribution in [0.3, 0.4) is 0 Å². The van der Waals surface area contributed by atoms with Crippen LogP contribution < -0.4 is 5.32 Å². The van der Waals surface area contributed by atoms with Gasteiger partial charge in [-0.05, 0) is 38.9 Å². The van der Waals surface area contributed by atoms with E-state index in [1.165, 1.54) is 4.90 Å². The number of hydrogen-bond donors (Lipinski definition) is 2. The minimum Gasteiger partial charge on any atom is -0.396 e. The number of likely N-dealkylation sites (tertiary alicyclic amines) is 1. The molecule has 0 aromatic rings. The summed E-state index contributed by atoms with van der Waals surface area (Å²) in [6, 6.07) is 0.302. The molecule has 1 saturated heterocycles. The molecule has 0 aliphatic carbocycles. The first-order valence-corrected chi connectivity index (χ1v) is 5.64. The van der Waals surface area contributed by atoms with Gasteiger partial charge in [-0.3, -0.25) is 4.90 Å². The molecule has 2 N–H and O–H groups in total. The standard InChI is InChI=1S/C10H19F3N2O/c11-10(12,13)8-15-5-2-9(3-6-15)14-4-1-7-16/h9,14,16H,1-8H2. The molecule has 16 heavy (non-hydrogen) atoms. The van der Waals surface area contributed by atoms with Crippen molar-refractivity contribution in [2.24, 2.45) is 0 Å². The molecular formula is C10H19F3N2O. The maximum atomic E-state index is 12.1. The number of piperidine rings is 1. The second-order valence-electron chi connectivity index (χ2n) is 4.20. The Morgan fingerprint density at radius 1 is 1.25 bits per heavy atom. The Hall–Kier alpha value is -0.330. The fourth-order valence-corrected chi connectivity index (χ4v) is 1.93. The van der Waals surface area contributed by atoms with Gasteiger partial charge in [0, 0.05) is 12.6 Å². The molecule has 1 aliphatic rings. The molecular weight excluding hydrogens is 221 g/mol. The summed E-state index contributed by atoms with van der Waals surface area (Å²) < 4.78 is 36.3. The van der Waals surface area contributed by atoms with Crippen molar-refractivity contribution in [3.8, 4) is 0 Å². The number of alkyl halides is 3. The molecule has 0 aromatic heterocycles. The van der Waals surface area contributed by atoms with Crippen LogP contribution in [0.15, 0.2) is 0 Å². The van der Waals surface area contributed by atoms with Crippen LogP contribution in [0.4, 0.5) is 13.2 Å². The molecule has 0 unspecified atom stereocenters. The highest BCUT2D eigenvalue weighted by molar-refractivity contribution is 4.78. The van der Waals surface area contributed by atoms with Gasteiger partial charge in [-0.25, -0.2) is 0 Å². The first-order valence-electron chi connectivity index (χ1n) is 5.64. The zero-order valence-electron chi connectivity index (χ0n) is 9.26. The predicted molar refractivity (Wildman–Crippen MR) is 55.2 cm³/mol. The van der Waals surface area contributed by atoms with Gasteiger partial charge in [0.2, 0.25) is 0 Å². The molecule has 1 heterocycles. The molecule has 96 valence electrons. The summed E-state index contributed by atoms with van der Waals surface area (Å²) in [4.78, 5) is 1.45. The average molecular weight is 240 g/mol. The number of aliphatic hydroxyl groups excluding tert-OH is 1. The van der Waals surface area contributed by atoms with Gasteiger partial charge >= 0.3 is 6.18 Å². The predicted octanol–water partition coefficient (Wildman–Crippen LogP) is 0.985. The van der Waals surface area contributed by atoms with E-state index < -0.39 is 12.7 Å². The van der Waals surface area contributed by atoms with Crippen molar-refractivity contribution in [2.75, 3.05) is 32.8 Å². The van der Waals surface area contributed by atoms with Crippen LogP contribution in [0.25, 0.3) is 0 Å². The lowest BCUT2D eigenvalue weighted by Crippen LogP contribution is -2.45. The van der Waals surface area contributed by atoms with Crippen molar-refractivity contribution < 1.29 is 18.3 Å². The highest BCUT2D eigenvalue weighted by atomic mass is 19.4. The van der Waals surface area contributed by atoms with E-state index in [9.17, 15) is 13.2 Å². The molecule has 6 heteroatoms. The Kier molecular flexibility index (Phi) is 5.51. The third-order valence-electron chi connectivity index (χ3n) is 2.76. The Labute approximate surface area is 93.6 Å². The largest absolute Gasteiger partial charge is 0.401 e. The summed E-state index contributed by atoms with van der Waals surface area (Å²) in [7, 11) is 0. The molecule has 1 aliphatic heterocycles. The van der Waals surface area contributed by atoms with E-state index in [4.69, 9.17) is 5.11 Å². The molecule has 1 rings (SSSR count). The molecule has 0 spiro atoms. The Bertz CT molecular complexity index is 191. The molecule has 1 fully saturated rings. The Morgan fingerprint density at radius 2 is 1.88 bits per heavy atom. The summed E-state index contributed by atoms with van der Waals surface area (Å²) in [5.41, 5.74) is 0. The summed E-state index contributed by atoms with van der Waals surface area (Å²) in [6.45, 7) is 1.09. The molecule has 3 nitrogen and oxygen atoms in total.